The van der Waals surface area contributed by atoms with Gasteiger partial charge in [-0.3, -0.25) is 9.59 Å². The number of carbonyl (C=O) groups is 2. The standard InChI is InChI=1S/C22H35N3O2/c1-6-20(26)23-18-7-9-19(10-8-18)24-11-13-25(14-12-24)21(27)15-17(2)16-22(3,4)5/h7-10,17H,6,11-16H2,1-5H3,(H,23,26)/t17-/m0/s1. The van der Waals surface area contributed by atoms with Gasteiger partial charge in [-0.2, -0.15) is 0 Å². The van der Waals surface area contributed by atoms with Crippen LogP contribution in [-0.2, 0) is 9.59 Å². The number of nitrogens with one attached hydrogen (secondary N) is 1. The van der Waals surface area contributed by atoms with Crippen LogP contribution in [0.15, 0.2) is 24.3 Å². The maximum absolute atomic E-state index is 12.6. The Kier molecular flexibility index (Phi) is 7.28. The highest BCUT2D eigenvalue weighted by atomic mass is 16.2. The lowest BCUT2D eigenvalue weighted by atomic mass is 9.84. The fraction of sp³-hybridized carbons (Fsp3) is 0.636. The van der Waals surface area contributed by atoms with Gasteiger partial charge in [0.25, 0.3) is 0 Å². The number of nitrogens with zero attached hydrogens (tertiary/aromatic N) is 2. The number of benzene rings is 1. The number of hydrogen-bond donors (Lipinski definition) is 1. The van der Waals surface area contributed by atoms with E-state index in [9.17, 15) is 9.59 Å². The molecule has 1 atom stereocenters. The van der Waals surface area contributed by atoms with Crippen molar-refractivity contribution in [3.8, 4) is 0 Å². The second-order valence-electron chi connectivity index (χ2n) is 8.89. The molecular formula is C22H35N3O2. The van der Waals surface area contributed by atoms with Crippen molar-refractivity contribution in [2.24, 2.45) is 11.3 Å². The second kappa shape index (κ2) is 9.25. The van der Waals surface area contributed by atoms with Crippen molar-refractivity contribution in [3.05, 3.63) is 24.3 Å². The fourth-order valence-electron chi connectivity index (χ4n) is 3.76. The van der Waals surface area contributed by atoms with Crippen LogP contribution < -0.4 is 10.2 Å². The number of carbonyl (C=O) groups excluding carboxylic acids is 2. The third-order valence-corrected chi connectivity index (χ3v) is 4.95. The molecule has 0 aromatic heterocycles. The molecule has 1 saturated heterocycles. The molecule has 1 fully saturated rings. The van der Waals surface area contributed by atoms with Gasteiger partial charge in [0.15, 0.2) is 0 Å². The molecule has 27 heavy (non-hydrogen) atoms. The minimum Gasteiger partial charge on any atom is -0.368 e. The zero-order chi connectivity index (χ0) is 20.0. The van der Waals surface area contributed by atoms with E-state index < -0.39 is 0 Å². The molecule has 2 amide bonds. The third-order valence-electron chi connectivity index (χ3n) is 4.95. The molecule has 1 aliphatic heterocycles. The van der Waals surface area contributed by atoms with Crippen molar-refractivity contribution in [2.45, 2.75) is 53.9 Å². The first-order valence-corrected chi connectivity index (χ1v) is 10.1. The molecule has 1 aliphatic rings. The highest BCUT2D eigenvalue weighted by molar-refractivity contribution is 5.90. The molecule has 0 bridgehead atoms. The van der Waals surface area contributed by atoms with E-state index in [1.807, 2.05) is 36.1 Å². The summed E-state index contributed by atoms with van der Waals surface area (Å²) >= 11 is 0. The smallest absolute Gasteiger partial charge is 0.224 e. The van der Waals surface area contributed by atoms with Gasteiger partial charge in [-0.05, 0) is 42.0 Å². The van der Waals surface area contributed by atoms with Gasteiger partial charge in [-0.15, -0.1) is 0 Å². The number of anilines is 2. The summed E-state index contributed by atoms with van der Waals surface area (Å²) in [6.45, 7) is 13.9. The second-order valence-corrected chi connectivity index (χ2v) is 8.89. The van der Waals surface area contributed by atoms with Crippen molar-refractivity contribution in [1.82, 2.24) is 4.90 Å². The summed E-state index contributed by atoms with van der Waals surface area (Å²) in [6.07, 6.45) is 2.19. The van der Waals surface area contributed by atoms with Crippen molar-refractivity contribution in [2.75, 3.05) is 36.4 Å². The molecule has 5 nitrogen and oxygen atoms in total. The van der Waals surface area contributed by atoms with Gasteiger partial charge in [0.05, 0.1) is 0 Å². The molecule has 0 spiro atoms. The molecule has 1 heterocycles. The van der Waals surface area contributed by atoms with Crippen LogP contribution in [0.4, 0.5) is 11.4 Å². The summed E-state index contributed by atoms with van der Waals surface area (Å²) in [7, 11) is 0. The Labute approximate surface area is 164 Å². The Morgan fingerprint density at radius 3 is 2.19 bits per heavy atom. The third kappa shape index (κ3) is 6.89. The molecule has 2 rings (SSSR count). The van der Waals surface area contributed by atoms with Crippen LogP contribution in [0.2, 0.25) is 0 Å². The molecule has 150 valence electrons. The topological polar surface area (TPSA) is 52.7 Å². The van der Waals surface area contributed by atoms with Crippen LogP contribution in [0, 0.1) is 11.3 Å². The van der Waals surface area contributed by atoms with Crippen LogP contribution in [-0.4, -0.2) is 42.9 Å². The fourth-order valence-corrected chi connectivity index (χ4v) is 3.76. The molecule has 1 aromatic rings. The highest BCUT2D eigenvalue weighted by Crippen LogP contribution is 2.27. The molecule has 5 heteroatoms. The van der Waals surface area contributed by atoms with Crippen LogP contribution in [0.1, 0.15) is 53.9 Å². The van der Waals surface area contributed by atoms with E-state index >= 15 is 0 Å². The summed E-state index contributed by atoms with van der Waals surface area (Å²) in [5.41, 5.74) is 2.23. The Morgan fingerprint density at radius 2 is 1.67 bits per heavy atom. The maximum Gasteiger partial charge on any atom is 0.224 e. The van der Waals surface area contributed by atoms with Gasteiger partial charge < -0.3 is 15.1 Å². The summed E-state index contributed by atoms with van der Waals surface area (Å²) in [6, 6.07) is 7.95. The highest BCUT2D eigenvalue weighted by Gasteiger charge is 2.24. The normalized spacial score (nSPS) is 16.2. The first-order chi connectivity index (χ1) is 12.7. The Hall–Kier alpha value is -2.04. The van der Waals surface area contributed by atoms with Crippen LogP contribution in [0.25, 0.3) is 0 Å². The Morgan fingerprint density at radius 1 is 1.07 bits per heavy atom. The lowest BCUT2D eigenvalue weighted by molar-refractivity contribution is -0.132. The van der Waals surface area contributed by atoms with Crippen molar-refractivity contribution in [3.63, 3.8) is 0 Å². The van der Waals surface area contributed by atoms with Gasteiger partial charge in [-0.25, -0.2) is 0 Å². The van der Waals surface area contributed by atoms with Gasteiger partial charge >= 0.3 is 0 Å². The summed E-state index contributed by atoms with van der Waals surface area (Å²) < 4.78 is 0. The van der Waals surface area contributed by atoms with Crippen LogP contribution >= 0.6 is 0 Å². The van der Waals surface area contributed by atoms with Crippen molar-refractivity contribution < 1.29 is 9.59 Å². The average molecular weight is 374 g/mol. The minimum atomic E-state index is 0.0237. The average Bonchev–Trinajstić information content (AvgIpc) is 2.60. The molecule has 1 N–H and O–H groups in total. The van der Waals surface area contributed by atoms with E-state index in [1.54, 1.807) is 0 Å². The van der Waals surface area contributed by atoms with E-state index in [-0.39, 0.29) is 17.2 Å². The zero-order valence-electron chi connectivity index (χ0n) is 17.5. The van der Waals surface area contributed by atoms with E-state index in [2.05, 4.69) is 37.9 Å². The molecule has 1 aromatic carbocycles. The number of hydrogen-bond acceptors (Lipinski definition) is 3. The quantitative estimate of drug-likeness (QED) is 0.815. The Balaban J connectivity index is 1.82. The molecule has 0 unspecified atom stereocenters. The van der Waals surface area contributed by atoms with Crippen LogP contribution in [0.5, 0.6) is 0 Å². The summed E-state index contributed by atoms with van der Waals surface area (Å²) in [5.74, 6) is 0.723. The number of amides is 2. The molecule has 0 radical (unpaired) electrons. The van der Waals surface area contributed by atoms with Gasteiger partial charge in [-0.1, -0.05) is 34.6 Å². The molecular weight excluding hydrogens is 338 g/mol. The molecule has 0 saturated carbocycles. The summed E-state index contributed by atoms with van der Waals surface area (Å²) in [4.78, 5) is 28.3. The number of rotatable bonds is 6. The summed E-state index contributed by atoms with van der Waals surface area (Å²) in [5, 5.41) is 2.87. The first-order valence-electron chi connectivity index (χ1n) is 10.1. The van der Waals surface area contributed by atoms with Gasteiger partial charge in [0, 0.05) is 50.4 Å². The minimum absolute atomic E-state index is 0.0237. The first kappa shape index (κ1) is 21.3. The monoisotopic (exact) mass is 373 g/mol. The molecule has 0 aliphatic carbocycles. The largest absolute Gasteiger partial charge is 0.368 e. The predicted molar refractivity (Wildman–Crippen MR) is 112 cm³/mol. The number of piperazine rings is 1. The van der Waals surface area contributed by atoms with E-state index in [0.717, 1.165) is 44.0 Å². The maximum atomic E-state index is 12.6. The van der Waals surface area contributed by atoms with Crippen molar-refractivity contribution >= 4 is 23.2 Å². The zero-order valence-corrected chi connectivity index (χ0v) is 17.5. The lowest BCUT2D eigenvalue weighted by Gasteiger charge is -2.37. The van der Waals surface area contributed by atoms with Crippen LogP contribution in [0.3, 0.4) is 0 Å². The van der Waals surface area contributed by atoms with Crippen molar-refractivity contribution in [1.29, 1.82) is 0 Å². The van der Waals surface area contributed by atoms with E-state index in [0.29, 0.717) is 18.8 Å². The predicted octanol–water partition coefficient (Wildman–Crippen LogP) is 4.15. The van der Waals surface area contributed by atoms with E-state index in [1.165, 1.54) is 0 Å². The Bertz CT molecular complexity index is 626. The lowest BCUT2D eigenvalue weighted by Crippen LogP contribution is -2.49. The van der Waals surface area contributed by atoms with E-state index in [4.69, 9.17) is 0 Å². The van der Waals surface area contributed by atoms with Gasteiger partial charge in [0.1, 0.15) is 0 Å². The van der Waals surface area contributed by atoms with Gasteiger partial charge in [0.2, 0.25) is 11.8 Å². The SMILES string of the molecule is CCC(=O)Nc1ccc(N2CCN(C(=O)C[C@H](C)CC(C)(C)C)CC2)cc1.